The maximum Gasteiger partial charge on any atom is 0.0475 e. The molecule has 0 saturated carbocycles. The summed E-state index contributed by atoms with van der Waals surface area (Å²) < 4.78 is 0. The number of benzene rings is 1. The molecule has 1 fully saturated rings. The number of likely N-dealkylation sites (N-methyl/N-ethyl adjacent to an activating group) is 1. The third-order valence-electron chi connectivity index (χ3n) is 3.53. The van der Waals surface area contributed by atoms with Crippen LogP contribution in [0.15, 0.2) is 24.3 Å². The summed E-state index contributed by atoms with van der Waals surface area (Å²) in [4.78, 5) is 2.59. The summed E-state index contributed by atoms with van der Waals surface area (Å²) in [6.07, 6.45) is 1.26. The lowest BCUT2D eigenvalue weighted by molar-refractivity contribution is 0.221. The first-order valence-electron chi connectivity index (χ1n) is 6.33. The second-order valence-corrected chi connectivity index (χ2v) is 4.56. The van der Waals surface area contributed by atoms with Crippen molar-refractivity contribution in [2.24, 2.45) is 0 Å². The normalized spacial score (nSPS) is 23.0. The highest BCUT2D eigenvalue weighted by Gasteiger charge is 2.21. The maximum absolute atomic E-state index is 3.55. The second-order valence-electron chi connectivity index (χ2n) is 4.56. The van der Waals surface area contributed by atoms with Gasteiger partial charge in [-0.2, -0.15) is 0 Å². The summed E-state index contributed by atoms with van der Waals surface area (Å²) in [6.45, 7) is 9.06. The molecule has 1 atom stereocenters. The van der Waals surface area contributed by atoms with Gasteiger partial charge in [-0.25, -0.2) is 0 Å². The molecule has 0 aromatic heterocycles. The van der Waals surface area contributed by atoms with Gasteiger partial charge < -0.3 is 5.32 Å². The maximum atomic E-state index is 3.55. The molecule has 0 radical (unpaired) electrons. The van der Waals surface area contributed by atoms with Crippen LogP contribution in [0.5, 0.6) is 0 Å². The van der Waals surface area contributed by atoms with E-state index in [1.54, 1.807) is 0 Å². The van der Waals surface area contributed by atoms with Crippen LogP contribution in [0.4, 0.5) is 0 Å². The van der Waals surface area contributed by atoms with Gasteiger partial charge in [-0.05, 0) is 44.1 Å². The van der Waals surface area contributed by atoms with E-state index in [-0.39, 0.29) is 0 Å². The quantitative estimate of drug-likeness (QED) is 0.819. The summed E-state index contributed by atoms with van der Waals surface area (Å²) in [7, 11) is 0. The Labute approximate surface area is 98.7 Å². The fourth-order valence-electron chi connectivity index (χ4n) is 2.58. The van der Waals surface area contributed by atoms with Crippen LogP contribution in [-0.4, -0.2) is 31.1 Å². The first-order chi connectivity index (χ1) is 7.83. The molecule has 1 aliphatic heterocycles. The molecule has 16 heavy (non-hydrogen) atoms. The van der Waals surface area contributed by atoms with Gasteiger partial charge in [0.05, 0.1) is 0 Å². The predicted octanol–water partition coefficient (Wildman–Crippen LogP) is 2.35. The van der Waals surface area contributed by atoms with Crippen molar-refractivity contribution in [3.63, 3.8) is 0 Å². The number of rotatable bonds is 2. The lowest BCUT2D eigenvalue weighted by Crippen LogP contribution is -2.32. The zero-order valence-electron chi connectivity index (χ0n) is 10.4. The molecule has 2 heteroatoms. The van der Waals surface area contributed by atoms with E-state index in [1.807, 2.05) is 0 Å². The minimum atomic E-state index is 0.550. The van der Waals surface area contributed by atoms with Crippen LogP contribution in [0.1, 0.15) is 30.5 Å². The van der Waals surface area contributed by atoms with Crippen molar-refractivity contribution in [1.29, 1.82) is 0 Å². The molecule has 0 spiro atoms. The fourth-order valence-corrected chi connectivity index (χ4v) is 2.58. The number of aryl methyl sites for hydroxylation is 1. The smallest absolute Gasteiger partial charge is 0.0475 e. The highest BCUT2D eigenvalue weighted by Crippen LogP contribution is 2.24. The van der Waals surface area contributed by atoms with E-state index >= 15 is 0 Å². The Morgan fingerprint density at radius 2 is 2.19 bits per heavy atom. The molecular weight excluding hydrogens is 196 g/mol. The molecule has 1 aromatic carbocycles. The second kappa shape index (κ2) is 5.46. The fraction of sp³-hybridized carbons (Fsp3) is 0.571. The highest BCUT2D eigenvalue weighted by atomic mass is 15.2. The van der Waals surface area contributed by atoms with Crippen LogP contribution in [0.3, 0.4) is 0 Å². The number of nitrogens with one attached hydrogen (secondary N) is 1. The molecule has 1 N–H and O–H groups in total. The molecule has 1 unspecified atom stereocenters. The third-order valence-corrected chi connectivity index (χ3v) is 3.53. The Kier molecular flexibility index (Phi) is 3.97. The monoisotopic (exact) mass is 218 g/mol. The van der Waals surface area contributed by atoms with Crippen LogP contribution in [0, 0.1) is 6.92 Å². The molecule has 2 nitrogen and oxygen atoms in total. The molecule has 2 rings (SSSR count). The van der Waals surface area contributed by atoms with Crippen molar-refractivity contribution < 1.29 is 0 Å². The Morgan fingerprint density at radius 1 is 1.38 bits per heavy atom. The topological polar surface area (TPSA) is 15.3 Å². The molecule has 0 aliphatic carbocycles. The van der Waals surface area contributed by atoms with Crippen molar-refractivity contribution in [2.75, 3.05) is 26.2 Å². The minimum Gasteiger partial charge on any atom is -0.315 e. The van der Waals surface area contributed by atoms with Gasteiger partial charge in [0.1, 0.15) is 0 Å². The molecule has 0 amide bonds. The largest absolute Gasteiger partial charge is 0.315 e. The highest BCUT2D eigenvalue weighted by molar-refractivity contribution is 5.29. The SMILES string of the molecule is CCN1CCCNCC1c1ccccc1C. The summed E-state index contributed by atoms with van der Waals surface area (Å²) >= 11 is 0. The van der Waals surface area contributed by atoms with Crippen molar-refractivity contribution in [1.82, 2.24) is 10.2 Å². The lowest BCUT2D eigenvalue weighted by Gasteiger charge is -2.29. The number of hydrogen-bond acceptors (Lipinski definition) is 2. The van der Waals surface area contributed by atoms with Gasteiger partial charge in [0, 0.05) is 12.6 Å². The number of nitrogens with zero attached hydrogens (tertiary/aromatic N) is 1. The van der Waals surface area contributed by atoms with E-state index in [0.717, 1.165) is 19.6 Å². The summed E-state index contributed by atoms with van der Waals surface area (Å²) in [5, 5.41) is 3.55. The molecular formula is C14H22N2. The van der Waals surface area contributed by atoms with E-state index in [4.69, 9.17) is 0 Å². The Hall–Kier alpha value is -0.860. The standard InChI is InChI=1S/C14H22N2/c1-3-16-10-6-9-15-11-14(16)13-8-5-4-7-12(13)2/h4-5,7-8,14-15H,3,6,9-11H2,1-2H3. The molecule has 1 heterocycles. The van der Waals surface area contributed by atoms with Crippen molar-refractivity contribution in [3.05, 3.63) is 35.4 Å². The van der Waals surface area contributed by atoms with Crippen molar-refractivity contribution in [2.45, 2.75) is 26.3 Å². The third kappa shape index (κ3) is 2.45. The molecule has 1 aliphatic rings. The van der Waals surface area contributed by atoms with E-state index < -0.39 is 0 Å². The van der Waals surface area contributed by atoms with E-state index in [1.165, 1.54) is 24.1 Å². The molecule has 0 bridgehead atoms. The Bertz CT molecular complexity index is 335. The lowest BCUT2D eigenvalue weighted by atomic mass is 10.00. The van der Waals surface area contributed by atoms with E-state index in [9.17, 15) is 0 Å². The average Bonchev–Trinajstić information content (AvgIpc) is 2.54. The van der Waals surface area contributed by atoms with Crippen LogP contribution < -0.4 is 5.32 Å². The van der Waals surface area contributed by atoms with Gasteiger partial charge >= 0.3 is 0 Å². The van der Waals surface area contributed by atoms with Crippen LogP contribution in [0.2, 0.25) is 0 Å². The summed E-state index contributed by atoms with van der Waals surface area (Å²) in [6, 6.07) is 9.32. The Balaban J connectivity index is 2.25. The van der Waals surface area contributed by atoms with Gasteiger partial charge in [-0.15, -0.1) is 0 Å². The van der Waals surface area contributed by atoms with Gasteiger partial charge in [-0.3, -0.25) is 4.90 Å². The Morgan fingerprint density at radius 3 is 2.94 bits per heavy atom. The van der Waals surface area contributed by atoms with Crippen LogP contribution in [0.25, 0.3) is 0 Å². The van der Waals surface area contributed by atoms with Crippen LogP contribution in [-0.2, 0) is 0 Å². The summed E-state index contributed by atoms with van der Waals surface area (Å²) in [5.74, 6) is 0. The molecule has 1 saturated heterocycles. The molecule has 88 valence electrons. The van der Waals surface area contributed by atoms with Gasteiger partial charge in [0.2, 0.25) is 0 Å². The minimum absolute atomic E-state index is 0.550. The van der Waals surface area contributed by atoms with Gasteiger partial charge in [0.25, 0.3) is 0 Å². The first-order valence-corrected chi connectivity index (χ1v) is 6.33. The zero-order chi connectivity index (χ0) is 11.4. The first kappa shape index (κ1) is 11.6. The van der Waals surface area contributed by atoms with E-state index in [2.05, 4.69) is 48.3 Å². The number of hydrogen-bond donors (Lipinski definition) is 1. The predicted molar refractivity (Wildman–Crippen MR) is 68.7 cm³/mol. The van der Waals surface area contributed by atoms with Crippen LogP contribution >= 0.6 is 0 Å². The van der Waals surface area contributed by atoms with Gasteiger partial charge in [-0.1, -0.05) is 31.2 Å². The van der Waals surface area contributed by atoms with E-state index in [0.29, 0.717) is 6.04 Å². The van der Waals surface area contributed by atoms with Gasteiger partial charge in [0.15, 0.2) is 0 Å². The average molecular weight is 218 g/mol. The zero-order valence-corrected chi connectivity index (χ0v) is 10.4. The van der Waals surface area contributed by atoms with Crippen molar-refractivity contribution >= 4 is 0 Å². The van der Waals surface area contributed by atoms with Crippen molar-refractivity contribution in [3.8, 4) is 0 Å². The molecule has 1 aromatic rings. The summed E-state index contributed by atoms with van der Waals surface area (Å²) in [5.41, 5.74) is 2.90.